The number of rotatable bonds is 10. The first-order chi connectivity index (χ1) is 17.0. The molecule has 2 heterocycles. The lowest BCUT2D eigenvalue weighted by atomic mass is 10.1. The predicted octanol–water partition coefficient (Wildman–Crippen LogP) is 2.65. The maximum Gasteiger partial charge on any atom is 0.459 e. The second kappa shape index (κ2) is 11.7. The molecule has 17 heteroatoms. The molecule has 36 heavy (non-hydrogen) atoms. The van der Waals surface area contributed by atoms with E-state index in [1.54, 1.807) is 4.98 Å². The van der Waals surface area contributed by atoms with Crippen molar-refractivity contribution in [2.75, 3.05) is 13.7 Å². The number of aromatic nitrogens is 2. The summed E-state index contributed by atoms with van der Waals surface area (Å²) < 4.78 is 49.3. The number of carbonyl (C=O) groups excluding carboxylic acids is 1. The van der Waals surface area contributed by atoms with Gasteiger partial charge in [-0.25, -0.2) is 9.36 Å². The third-order valence-corrected chi connectivity index (χ3v) is 6.89. The molecule has 3 rings (SSSR count). The number of hydrogen-bond acceptors (Lipinski definition) is 9. The highest BCUT2D eigenvalue weighted by molar-refractivity contribution is 7.52. The van der Waals surface area contributed by atoms with Crippen molar-refractivity contribution in [2.24, 2.45) is 5.11 Å². The van der Waals surface area contributed by atoms with Crippen LogP contribution in [0.2, 0.25) is 5.02 Å². The van der Waals surface area contributed by atoms with E-state index in [4.69, 9.17) is 30.9 Å². The zero-order chi connectivity index (χ0) is 26.5. The van der Waals surface area contributed by atoms with Crippen molar-refractivity contribution >= 4 is 25.3 Å². The summed E-state index contributed by atoms with van der Waals surface area (Å²) in [5.41, 5.74) is 6.77. The van der Waals surface area contributed by atoms with Gasteiger partial charge in [0.25, 0.3) is 5.56 Å². The van der Waals surface area contributed by atoms with E-state index >= 15 is 0 Å². The highest BCUT2D eigenvalue weighted by atomic mass is 35.5. The van der Waals surface area contributed by atoms with Crippen molar-refractivity contribution in [3.8, 4) is 5.75 Å². The molecule has 0 radical (unpaired) electrons. The Hall–Kier alpha value is -3.19. The summed E-state index contributed by atoms with van der Waals surface area (Å²) in [6, 6.07) is 3.77. The average Bonchev–Trinajstić information content (AvgIpc) is 3.23. The number of ether oxygens (including phenoxy) is 2. The van der Waals surface area contributed by atoms with Crippen LogP contribution in [0.25, 0.3) is 10.4 Å². The molecule has 2 aromatic rings. The molecule has 0 amide bonds. The number of esters is 1. The number of halogens is 2. The van der Waals surface area contributed by atoms with E-state index < -0.39 is 61.8 Å². The molecule has 1 aliphatic rings. The molecule has 0 saturated carbocycles. The van der Waals surface area contributed by atoms with Crippen LogP contribution in [0.3, 0.4) is 0 Å². The van der Waals surface area contributed by atoms with Crippen LogP contribution in [0.4, 0.5) is 4.39 Å². The normalized spacial score (nSPS) is 21.7. The van der Waals surface area contributed by atoms with E-state index in [0.717, 1.165) is 11.7 Å². The third kappa shape index (κ3) is 6.72. The van der Waals surface area contributed by atoms with Crippen molar-refractivity contribution in [1.82, 2.24) is 14.6 Å². The summed E-state index contributed by atoms with van der Waals surface area (Å²) in [7, 11) is -3.13. The standard InChI is InChI=1S/C19H21ClFN6O8P/c1-10(18(29)32-2)25-36(31,35-12-5-3-11(20)4-6-12)33-9-15-14(24-26-22)7-16(34-15)27-8-13(21)17(28)23-19(27)30/h3-6,8,10,14-16H,7,9H2,1-2H3,(H,25,31)(H,23,28,30)/t10-,14-,15+,16+,36?/m0/s1. The largest absolute Gasteiger partial charge is 0.468 e. The molecular weight excluding hydrogens is 526 g/mol. The minimum atomic E-state index is -4.28. The molecule has 5 atom stereocenters. The number of aromatic amines is 1. The Balaban J connectivity index is 1.82. The molecule has 1 aromatic heterocycles. The average molecular weight is 547 g/mol. The van der Waals surface area contributed by atoms with Gasteiger partial charge in [-0.05, 0) is 36.7 Å². The monoisotopic (exact) mass is 546 g/mol. The molecule has 1 aromatic carbocycles. The fourth-order valence-electron chi connectivity index (χ4n) is 3.26. The fourth-order valence-corrected chi connectivity index (χ4v) is 4.89. The van der Waals surface area contributed by atoms with Crippen molar-refractivity contribution < 1.29 is 32.3 Å². The Labute approximate surface area is 207 Å². The van der Waals surface area contributed by atoms with Crippen molar-refractivity contribution in [3.05, 3.63) is 72.6 Å². The zero-order valence-corrected chi connectivity index (χ0v) is 20.5. The topological polar surface area (TPSA) is 187 Å². The van der Waals surface area contributed by atoms with E-state index in [1.165, 1.54) is 31.2 Å². The van der Waals surface area contributed by atoms with Crippen molar-refractivity contribution in [1.29, 1.82) is 0 Å². The van der Waals surface area contributed by atoms with Gasteiger partial charge in [0.05, 0.1) is 32.1 Å². The maximum atomic E-state index is 13.7. The molecule has 194 valence electrons. The summed E-state index contributed by atoms with van der Waals surface area (Å²) in [6.45, 7) is 0.877. The number of azide groups is 1. The number of benzene rings is 1. The van der Waals surface area contributed by atoms with Crippen LogP contribution in [-0.4, -0.2) is 47.4 Å². The lowest BCUT2D eigenvalue weighted by molar-refractivity contribution is -0.142. The fraction of sp³-hybridized carbons (Fsp3) is 0.421. The number of H-pyrrole nitrogens is 1. The van der Waals surface area contributed by atoms with Crippen LogP contribution >= 0.6 is 19.3 Å². The summed E-state index contributed by atoms with van der Waals surface area (Å²) >= 11 is 5.86. The van der Waals surface area contributed by atoms with E-state index in [0.29, 0.717) is 11.2 Å². The highest BCUT2D eigenvalue weighted by Crippen LogP contribution is 2.46. The summed E-state index contributed by atoms with van der Waals surface area (Å²) in [5, 5.41) is 6.44. The molecule has 1 aliphatic heterocycles. The van der Waals surface area contributed by atoms with Crippen molar-refractivity contribution in [3.63, 3.8) is 0 Å². The van der Waals surface area contributed by atoms with Crippen LogP contribution in [0, 0.1) is 5.82 Å². The summed E-state index contributed by atoms with van der Waals surface area (Å²) in [6.07, 6.45) is -1.62. The van der Waals surface area contributed by atoms with E-state index in [1.807, 2.05) is 0 Å². The number of nitrogens with zero attached hydrogens (tertiary/aromatic N) is 4. The van der Waals surface area contributed by atoms with E-state index in [9.17, 15) is 23.3 Å². The van der Waals surface area contributed by atoms with Crippen LogP contribution < -0.4 is 20.9 Å². The molecule has 2 N–H and O–H groups in total. The third-order valence-electron chi connectivity index (χ3n) is 4.99. The molecule has 0 bridgehead atoms. The Morgan fingerprint density at radius 2 is 2.14 bits per heavy atom. The number of nitrogens with one attached hydrogen (secondary N) is 2. The smallest absolute Gasteiger partial charge is 0.459 e. The van der Waals surface area contributed by atoms with Gasteiger partial charge in [-0.1, -0.05) is 16.7 Å². The lowest BCUT2D eigenvalue weighted by Gasteiger charge is -2.24. The molecule has 1 saturated heterocycles. The van der Waals surface area contributed by atoms with Gasteiger partial charge in [-0.2, -0.15) is 9.48 Å². The van der Waals surface area contributed by atoms with Gasteiger partial charge in [0.2, 0.25) is 5.82 Å². The van der Waals surface area contributed by atoms with Crippen LogP contribution in [0.15, 0.2) is 45.2 Å². The Morgan fingerprint density at radius 3 is 2.78 bits per heavy atom. The second-order valence-electron chi connectivity index (χ2n) is 7.49. The summed E-state index contributed by atoms with van der Waals surface area (Å²) in [5.74, 6) is -1.87. The van der Waals surface area contributed by atoms with Crippen LogP contribution in [-0.2, 0) is 23.4 Å². The Bertz CT molecular complexity index is 1310. The van der Waals surface area contributed by atoms with Crippen LogP contribution in [0.1, 0.15) is 19.6 Å². The van der Waals surface area contributed by atoms with Gasteiger partial charge in [0.1, 0.15) is 18.0 Å². The molecule has 14 nitrogen and oxygen atoms in total. The predicted molar refractivity (Wildman–Crippen MR) is 123 cm³/mol. The SMILES string of the molecule is COC(=O)[C@H](C)NP(=O)(OC[C@H]1O[C@@H](n2cc(F)c(=O)[nH]c2=O)C[C@@H]1N=[N+]=[N-])Oc1ccc(Cl)cc1. The molecular formula is C19H21ClFN6O8P. The molecule has 0 spiro atoms. The first kappa shape index (κ1) is 27.4. The first-order valence-electron chi connectivity index (χ1n) is 10.3. The van der Waals surface area contributed by atoms with Gasteiger partial charge in [0.15, 0.2) is 0 Å². The maximum absolute atomic E-state index is 13.7. The quantitative estimate of drug-likeness (QED) is 0.148. The molecule has 1 unspecified atom stereocenters. The van der Waals surface area contributed by atoms with Crippen LogP contribution in [0.5, 0.6) is 5.75 Å². The van der Waals surface area contributed by atoms with Crippen molar-refractivity contribution in [2.45, 2.75) is 37.8 Å². The van der Waals surface area contributed by atoms with E-state index in [-0.39, 0.29) is 12.2 Å². The number of carbonyl (C=O) groups is 1. The minimum absolute atomic E-state index is 0.0855. The summed E-state index contributed by atoms with van der Waals surface area (Å²) in [4.78, 5) is 39.8. The van der Waals surface area contributed by atoms with E-state index in [2.05, 4.69) is 19.9 Å². The Kier molecular flexibility index (Phi) is 8.90. The second-order valence-corrected chi connectivity index (χ2v) is 9.62. The highest BCUT2D eigenvalue weighted by Gasteiger charge is 2.40. The van der Waals surface area contributed by atoms with Gasteiger partial charge in [-0.15, -0.1) is 0 Å². The van der Waals surface area contributed by atoms with Gasteiger partial charge in [0, 0.05) is 16.4 Å². The zero-order valence-electron chi connectivity index (χ0n) is 18.9. The van der Waals surface area contributed by atoms with Gasteiger partial charge in [-0.3, -0.25) is 23.7 Å². The number of methoxy groups -OCH3 is 1. The minimum Gasteiger partial charge on any atom is -0.468 e. The number of hydrogen-bond donors (Lipinski definition) is 2. The molecule has 1 fully saturated rings. The van der Waals surface area contributed by atoms with Gasteiger partial charge < -0.3 is 14.0 Å². The molecule has 0 aliphatic carbocycles. The Morgan fingerprint density at radius 1 is 1.44 bits per heavy atom. The first-order valence-corrected chi connectivity index (χ1v) is 12.2. The lowest BCUT2D eigenvalue weighted by Crippen LogP contribution is -2.36. The van der Waals surface area contributed by atoms with Gasteiger partial charge >= 0.3 is 19.4 Å².